The predicted octanol–water partition coefficient (Wildman–Crippen LogP) is 0.974. The van der Waals surface area contributed by atoms with Crippen LogP contribution >= 0.6 is 0 Å². The summed E-state index contributed by atoms with van der Waals surface area (Å²) in [7, 11) is 0. The van der Waals surface area contributed by atoms with E-state index in [9.17, 15) is 4.55 Å². The second-order valence-corrected chi connectivity index (χ2v) is 3.29. The van der Waals surface area contributed by atoms with E-state index in [0.717, 1.165) is 5.69 Å². The lowest BCUT2D eigenvalue weighted by molar-refractivity contribution is 0.605. The van der Waals surface area contributed by atoms with E-state index in [-0.39, 0.29) is 0 Å². The first-order valence-corrected chi connectivity index (χ1v) is 4.70. The molecule has 11 heavy (non-hydrogen) atoms. The van der Waals surface area contributed by atoms with E-state index in [2.05, 4.69) is 4.72 Å². The Balaban J connectivity index is 2.66. The highest BCUT2D eigenvalue weighted by atomic mass is 32.2. The highest BCUT2D eigenvalue weighted by Gasteiger charge is 1.96. The van der Waals surface area contributed by atoms with E-state index in [0.29, 0.717) is 5.69 Å². The first-order valence-electron chi connectivity index (χ1n) is 3.14. The van der Waals surface area contributed by atoms with Crippen LogP contribution in [0.2, 0.25) is 0 Å². The third-order valence-corrected chi connectivity index (χ3v) is 1.70. The molecule has 0 aliphatic carbocycles. The molecule has 1 atom stereocenters. The molecule has 0 aliphatic rings. The normalized spacial score (nSPS) is 12.5. The standard InChI is InChI=1S/C7H10N2OS/c1-11(10)9-7-4-2-6(8)3-5-7/h2-5,9H,8H2,1H3. The number of hydrogen-bond donors (Lipinski definition) is 2. The minimum atomic E-state index is -1.01. The summed E-state index contributed by atoms with van der Waals surface area (Å²) in [6, 6.07) is 7.10. The summed E-state index contributed by atoms with van der Waals surface area (Å²) >= 11 is -1.01. The number of nitrogens with one attached hydrogen (secondary N) is 1. The Hall–Kier alpha value is -0.870. The van der Waals surface area contributed by atoms with Crippen molar-refractivity contribution in [3.63, 3.8) is 0 Å². The molecule has 0 radical (unpaired) electrons. The Morgan fingerprint density at radius 1 is 1.36 bits per heavy atom. The van der Waals surface area contributed by atoms with Crippen LogP contribution in [0.5, 0.6) is 0 Å². The molecule has 1 rings (SSSR count). The van der Waals surface area contributed by atoms with E-state index in [4.69, 9.17) is 5.73 Å². The van der Waals surface area contributed by atoms with Gasteiger partial charge in [-0.2, -0.15) is 0 Å². The quantitative estimate of drug-likeness (QED) is 0.513. The third-order valence-electron chi connectivity index (χ3n) is 1.17. The van der Waals surface area contributed by atoms with Crippen molar-refractivity contribution in [2.75, 3.05) is 16.7 Å². The van der Waals surface area contributed by atoms with Crippen molar-refractivity contribution in [3.8, 4) is 0 Å². The van der Waals surface area contributed by atoms with Crippen LogP contribution in [0.25, 0.3) is 0 Å². The molecular formula is C7H10N2OS. The lowest BCUT2D eigenvalue weighted by atomic mass is 10.3. The number of rotatable bonds is 2. The summed E-state index contributed by atoms with van der Waals surface area (Å²) in [5, 5.41) is 0. The summed E-state index contributed by atoms with van der Waals surface area (Å²) in [4.78, 5) is 0. The zero-order valence-electron chi connectivity index (χ0n) is 6.20. The molecule has 0 saturated heterocycles. The molecule has 0 fully saturated rings. The highest BCUT2D eigenvalue weighted by molar-refractivity contribution is 7.92. The maximum Gasteiger partial charge on any atom is 0.121 e. The minimum absolute atomic E-state index is 0.706. The molecule has 0 amide bonds. The Morgan fingerprint density at radius 3 is 2.36 bits per heavy atom. The Bertz CT molecular complexity index is 222. The van der Waals surface area contributed by atoms with Gasteiger partial charge in [-0.05, 0) is 24.3 Å². The first-order chi connectivity index (χ1) is 5.18. The Labute approximate surface area is 68.9 Å². The van der Waals surface area contributed by atoms with E-state index in [1.807, 2.05) is 0 Å². The molecule has 0 aliphatic heterocycles. The molecule has 3 nitrogen and oxygen atoms in total. The largest absolute Gasteiger partial charge is 0.593 e. The number of benzene rings is 1. The Morgan fingerprint density at radius 2 is 1.91 bits per heavy atom. The van der Waals surface area contributed by atoms with Crippen molar-refractivity contribution in [1.82, 2.24) is 0 Å². The fourth-order valence-corrected chi connectivity index (χ4v) is 1.19. The van der Waals surface area contributed by atoms with Gasteiger partial charge < -0.3 is 10.3 Å². The summed E-state index contributed by atoms with van der Waals surface area (Å²) in [5.41, 5.74) is 6.98. The fraction of sp³-hybridized carbons (Fsp3) is 0.143. The van der Waals surface area contributed by atoms with Crippen molar-refractivity contribution in [1.29, 1.82) is 0 Å². The van der Waals surface area contributed by atoms with Gasteiger partial charge in [-0.1, -0.05) is 0 Å². The van der Waals surface area contributed by atoms with Gasteiger partial charge in [-0.3, -0.25) is 0 Å². The van der Waals surface area contributed by atoms with Crippen LogP contribution in [0.1, 0.15) is 0 Å². The molecule has 4 heteroatoms. The number of anilines is 2. The average Bonchev–Trinajstić information content (AvgIpc) is 1.93. The molecule has 3 N–H and O–H groups in total. The van der Waals surface area contributed by atoms with E-state index in [1.165, 1.54) is 0 Å². The van der Waals surface area contributed by atoms with Gasteiger partial charge in [0.05, 0.1) is 17.0 Å². The van der Waals surface area contributed by atoms with Gasteiger partial charge in [0.15, 0.2) is 0 Å². The molecule has 1 aromatic carbocycles. The van der Waals surface area contributed by atoms with Crippen molar-refractivity contribution >= 4 is 22.7 Å². The zero-order chi connectivity index (χ0) is 8.27. The number of nitrogens with two attached hydrogens (primary N) is 1. The summed E-state index contributed by atoms with van der Waals surface area (Å²) in [6.07, 6.45) is 1.58. The molecule has 1 aromatic rings. The second-order valence-electron chi connectivity index (χ2n) is 2.18. The summed E-state index contributed by atoms with van der Waals surface area (Å²) in [6.45, 7) is 0. The van der Waals surface area contributed by atoms with Gasteiger partial charge in [0.1, 0.15) is 6.26 Å². The van der Waals surface area contributed by atoms with Crippen molar-refractivity contribution in [2.24, 2.45) is 0 Å². The van der Waals surface area contributed by atoms with Gasteiger partial charge in [0, 0.05) is 5.69 Å². The van der Waals surface area contributed by atoms with Gasteiger partial charge in [0.25, 0.3) is 0 Å². The highest BCUT2D eigenvalue weighted by Crippen LogP contribution is 2.11. The third kappa shape index (κ3) is 2.69. The summed E-state index contributed by atoms with van der Waals surface area (Å²) in [5.74, 6) is 0. The lowest BCUT2D eigenvalue weighted by Crippen LogP contribution is -2.09. The van der Waals surface area contributed by atoms with Crippen LogP contribution < -0.4 is 10.5 Å². The van der Waals surface area contributed by atoms with Gasteiger partial charge in [-0.15, -0.1) is 0 Å². The van der Waals surface area contributed by atoms with Crippen LogP contribution in [0.15, 0.2) is 24.3 Å². The first kappa shape index (κ1) is 8.23. The Kier molecular flexibility index (Phi) is 2.62. The molecule has 0 spiro atoms. The van der Waals surface area contributed by atoms with Crippen LogP contribution in [0.3, 0.4) is 0 Å². The SMILES string of the molecule is C[S+]([O-])Nc1ccc(N)cc1. The van der Waals surface area contributed by atoms with Crippen LogP contribution in [0.4, 0.5) is 11.4 Å². The molecule has 0 heterocycles. The lowest BCUT2D eigenvalue weighted by Gasteiger charge is -2.06. The minimum Gasteiger partial charge on any atom is -0.593 e. The maximum atomic E-state index is 10.7. The van der Waals surface area contributed by atoms with Crippen LogP contribution in [-0.4, -0.2) is 10.8 Å². The summed E-state index contributed by atoms with van der Waals surface area (Å²) < 4.78 is 13.4. The topological polar surface area (TPSA) is 61.1 Å². The number of nitrogen functional groups attached to an aromatic ring is 1. The van der Waals surface area contributed by atoms with Crippen LogP contribution in [0, 0.1) is 0 Å². The van der Waals surface area contributed by atoms with Gasteiger partial charge in [-0.25, -0.2) is 4.72 Å². The molecule has 1 unspecified atom stereocenters. The van der Waals surface area contributed by atoms with Crippen molar-refractivity contribution in [3.05, 3.63) is 24.3 Å². The van der Waals surface area contributed by atoms with E-state index < -0.39 is 11.4 Å². The van der Waals surface area contributed by atoms with E-state index >= 15 is 0 Å². The molecule has 0 aromatic heterocycles. The van der Waals surface area contributed by atoms with Crippen molar-refractivity contribution < 1.29 is 4.55 Å². The smallest absolute Gasteiger partial charge is 0.121 e. The molecule has 0 saturated carbocycles. The zero-order valence-corrected chi connectivity index (χ0v) is 7.02. The molecule has 60 valence electrons. The molecule has 0 bridgehead atoms. The maximum absolute atomic E-state index is 10.7. The number of hydrogen-bond acceptors (Lipinski definition) is 3. The van der Waals surface area contributed by atoms with Crippen molar-refractivity contribution in [2.45, 2.75) is 0 Å². The van der Waals surface area contributed by atoms with Gasteiger partial charge in [0.2, 0.25) is 0 Å². The predicted molar refractivity (Wildman–Crippen MR) is 48.5 cm³/mol. The molecular weight excluding hydrogens is 160 g/mol. The van der Waals surface area contributed by atoms with Crippen LogP contribution in [-0.2, 0) is 11.4 Å². The fourth-order valence-electron chi connectivity index (χ4n) is 0.717. The second kappa shape index (κ2) is 3.50. The monoisotopic (exact) mass is 170 g/mol. The average molecular weight is 170 g/mol. The van der Waals surface area contributed by atoms with E-state index in [1.54, 1.807) is 30.5 Å². The van der Waals surface area contributed by atoms with Gasteiger partial charge >= 0.3 is 0 Å².